The van der Waals surface area contributed by atoms with Crippen LogP contribution in [0.5, 0.6) is 0 Å². The van der Waals surface area contributed by atoms with Crippen LogP contribution in [-0.2, 0) is 6.54 Å². The highest BCUT2D eigenvalue weighted by Crippen LogP contribution is 2.26. The fourth-order valence-corrected chi connectivity index (χ4v) is 5.91. The van der Waals surface area contributed by atoms with E-state index in [2.05, 4.69) is 43.8 Å². The van der Waals surface area contributed by atoms with E-state index in [4.69, 9.17) is 11.6 Å². The first-order valence-electron chi connectivity index (χ1n) is 12.4. The Hall–Kier alpha value is -3.11. The molecule has 1 saturated heterocycles. The summed E-state index contributed by atoms with van der Waals surface area (Å²) in [4.78, 5) is 21.5. The molecule has 0 unspecified atom stereocenters. The lowest BCUT2D eigenvalue weighted by Gasteiger charge is -2.42. The molecule has 0 aliphatic carbocycles. The molecular formula is C27H34ClN7OS. The predicted molar refractivity (Wildman–Crippen MR) is 147 cm³/mol. The third-order valence-corrected chi connectivity index (χ3v) is 7.86. The summed E-state index contributed by atoms with van der Waals surface area (Å²) in [6, 6.07) is 8.53. The molecule has 0 radical (unpaired) electrons. The number of nitriles is 2. The van der Waals surface area contributed by atoms with Gasteiger partial charge in [0.15, 0.2) is 5.57 Å². The molecule has 0 saturated carbocycles. The Morgan fingerprint density at radius 1 is 1.32 bits per heavy atom. The van der Waals surface area contributed by atoms with Crippen molar-refractivity contribution in [1.29, 1.82) is 10.5 Å². The third kappa shape index (κ3) is 7.23. The number of thiophene rings is 1. The fraction of sp³-hybridized carbons (Fsp3) is 0.481. The van der Waals surface area contributed by atoms with Crippen LogP contribution in [0.4, 0.5) is 0 Å². The number of amides is 1. The van der Waals surface area contributed by atoms with Crippen LogP contribution in [0.1, 0.15) is 53.4 Å². The summed E-state index contributed by atoms with van der Waals surface area (Å²) < 4.78 is 0. The van der Waals surface area contributed by atoms with E-state index in [0.717, 1.165) is 43.6 Å². The fourth-order valence-electron chi connectivity index (χ4n) is 4.88. The number of aryl methyl sites for hydroxylation is 2. The lowest BCUT2D eigenvalue weighted by Crippen LogP contribution is -2.49. The minimum Gasteiger partial charge on any atom is -0.373 e. The van der Waals surface area contributed by atoms with Gasteiger partial charge in [-0.25, -0.2) is 4.98 Å². The van der Waals surface area contributed by atoms with Crippen LogP contribution in [0.2, 0.25) is 5.15 Å². The molecule has 37 heavy (non-hydrogen) atoms. The van der Waals surface area contributed by atoms with Crippen LogP contribution >= 0.6 is 22.9 Å². The molecule has 3 heterocycles. The van der Waals surface area contributed by atoms with Crippen molar-refractivity contribution in [2.75, 3.05) is 26.7 Å². The van der Waals surface area contributed by atoms with Gasteiger partial charge in [-0.3, -0.25) is 4.79 Å². The normalized spacial score (nSPS) is 14.8. The number of carbonyl (C=O) groups is 1. The second-order valence-corrected chi connectivity index (χ2v) is 10.5. The number of nitrogens with zero attached hydrogens (tertiary/aromatic N) is 5. The van der Waals surface area contributed by atoms with Gasteiger partial charge in [0.25, 0.3) is 5.91 Å². The van der Waals surface area contributed by atoms with E-state index >= 15 is 0 Å². The van der Waals surface area contributed by atoms with Crippen molar-refractivity contribution in [1.82, 2.24) is 25.4 Å². The summed E-state index contributed by atoms with van der Waals surface area (Å²) in [6.45, 7) is 8.91. The van der Waals surface area contributed by atoms with Gasteiger partial charge < -0.3 is 20.4 Å². The monoisotopic (exact) mass is 539 g/mol. The van der Waals surface area contributed by atoms with Gasteiger partial charge in [0.05, 0.1) is 5.56 Å². The van der Waals surface area contributed by atoms with Crippen LogP contribution in [0, 0.1) is 36.5 Å². The van der Waals surface area contributed by atoms with Crippen molar-refractivity contribution >= 4 is 28.8 Å². The smallest absolute Gasteiger partial charge is 0.254 e. The van der Waals surface area contributed by atoms with Gasteiger partial charge in [-0.2, -0.15) is 21.9 Å². The number of rotatable bonds is 10. The first-order valence-corrected chi connectivity index (χ1v) is 13.8. The maximum absolute atomic E-state index is 12.7. The quantitative estimate of drug-likeness (QED) is 0.341. The van der Waals surface area contributed by atoms with Crippen molar-refractivity contribution in [3.63, 3.8) is 0 Å². The summed E-state index contributed by atoms with van der Waals surface area (Å²) >= 11 is 7.86. The number of likely N-dealkylation sites (tertiary alicyclic amines) is 1. The number of hydrogen-bond acceptors (Lipinski definition) is 8. The Morgan fingerprint density at radius 2 is 2.03 bits per heavy atom. The number of allylic oxidation sites excluding steroid dienone is 1. The highest BCUT2D eigenvalue weighted by molar-refractivity contribution is 7.07. The van der Waals surface area contributed by atoms with Gasteiger partial charge in [-0.15, -0.1) is 0 Å². The molecule has 8 nitrogen and oxygen atoms in total. The predicted octanol–water partition coefficient (Wildman–Crippen LogP) is 4.37. The molecule has 0 bridgehead atoms. The number of aromatic nitrogens is 1. The molecule has 1 aliphatic heterocycles. The summed E-state index contributed by atoms with van der Waals surface area (Å²) in [5.41, 5.74) is 3.32. The SMILES string of the molecule is CNC(=C(C#N)C#N)N(Cc1ccsc1)C1CCN([C@H](C)CCNC(=O)c2c(C)cc(C)nc2Cl)CC1. The molecule has 196 valence electrons. The van der Waals surface area contributed by atoms with Gasteiger partial charge in [0.1, 0.15) is 23.1 Å². The van der Waals surface area contributed by atoms with E-state index in [1.165, 1.54) is 5.56 Å². The van der Waals surface area contributed by atoms with E-state index in [1.54, 1.807) is 18.4 Å². The molecule has 2 aromatic heterocycles. The average Bonchev–Trinajstić information content (AvgIpc) is 3.39. The summed E-state index contributed by atoms with van der Waals surface area (Å²) in [7, 11) is 1.76. The number of piperidine rings is 1. The Balaban J connectivity index is 1.58. The van der Waals surface area contributed by atoms with Gasteiger partial charge in [-0.1, -0.05) is 11.6 Å². The number of halogens is 1. The topological polar surface area (TPSA) is 108 Å². The molecule has 2 aromatic rings. The zero-order valence-electron chi connectivity index (χ0n) is 21.8. The third-order valence-electron chi connectivity index (χ3n) is 6.86. The lowest BCUT2D eigenvalue weighted by atomic mass is 9.99. The Labute approximate surface area is 228 Å². The minimum absolute atomic E-state index is 0.100. The largest absolute Gasteiger partial charge is 0.373 e. The zero-order chi connectivity index (χ0) is 26.9. The first-order chi connectivity index (χ1) is 17.8. The molecule has 3 rings (SSSR count). The van der Waals surface area contributed by atoms with Crippen LogP contribution in [0.3, 0.4) is 0 Å². The van der Waals surface area contributed by atoms with E-state index < -0.39 is 0 Å². The molecule has 2 N–H and O–H groups in total. The van der Waals surface area contributed by atoms with Crippen LogP contribution in [-0.4, -0.2) is 59.5 Å². The Morgan fingerprint density at radius 3 is 2.59 bits per heavy atom. The number of pyridine rings is 1. The maximum atomic E-state index is 12.7. The van der Waals surface area contributed by atoms with Crippen molar-refractivity contribution in [2.45, 2.75) is 58.7 Å². The molecule has 1 atom stereocenters. The zero-order valence-corrected chi connectivity index (χ0v) is 23.4. The van der Waals surface area contributed by atoms with Gasteiger partial charge >= 0.3 is 0 Å². The molecule has 1 amide bonds. The standard InChI is InChI=1S/C27H34ClN7OS/c1-18-13-19(2)33-25(28)24(18)27(36)32-9-5-20(3)34-10-6-23(7-11-34)35(16-21-8-12-37-17-21)26(31-4)22(14-29)15-30/h8,12-13,17,20,23,31H,5-7,9-11,16H2,1-4H3,(H,32,36)/t20-/m1/s1. The Bertz CT molecular complexity index is 1150. The van der Waals surface area contributed by atoms with E-state index in [0.29, 0.717) is 30.5 Å². The number of nitrogens with one attached hydrogen (secondary N) is 2. The molecule has 1 fully saturated rings. The van der Waals surface area contributed by atoms with E-state index in [1.807, 2.05) is 37.4 Å². The van der Waals surface area contributed by atoms with Crippen LogP contribution in [0.15, 0.2) is 34.3 Å². The van der Waals surface area contributed by atoms with Crippen LogP contribution < -0.4 is 10.6 Å². The molecular weight excluding hydrogens is 506 g/mol. The first kappa shape index (κ1) is 28.5. The van der Waals surface area contributed by atoms with E-state index in [9.17, 15) is 15.3 Å². The molecule has 0 aromatic carbocycles. The van der Waals surface area contributed by atoms with Gasteiger partial charge in [0, 0.05) is 51.0 Å². The molecule has 1 aliphatic rings. The van der Waals surface area contributed by atoms with E-state index in [-0.39, 0.29) is 22.7 Å². The minimum atomic E-state index is -0.192. The van der Waals surface area contributed by atoms with Gasteiger partial charge in [0.2, 0.25) is 0 Å². The number of hydrogen-bond donors (Lipinski definition) is 2. The summed E-state index contributed by atoms with van der Waals surface area (Å²) in [5.74, 6) is 0.395. The second kappa shape index (κ2) is 13.4. The highest BCUT2D eigenvalue weighted by atomic mass is 35.5. The highest BCUT2D eigenvalue weighted by Gasteiger charge is 2.29. The van der Waals surface area contributed by atoms with Gasteiger partial charge in [-0.05, 0) is 74.1 Å². The summed E-state index contributed by atoms with van der Waals surface area (Å²) in [6.07, 6.45) is 2.65. The van der Waals surface area contributed by atoms with Crippen molar-refractivity contribution < 1.29 is 4.79 Å². The van der Waals surface area contributed by atoms with Crippen LogP contribution in [0.25, 0.3) is 0 Å². The molecule has 0 spiro atoms. The van der Waals surface area contributed by atoms with Crippen molar-refractivity contribution in [3.8, 4) is 12.1 Å². The van der Waals surface area contributed by atoms with Crippen molar-refractivity contribution in [2.24, 2.45) is 0 Å². The second-order valence-electron chi connectivity index (χ2n) is 9.36. The Kier molecular flexibility index (Phi) is 10.3. The molecule has 10 heteroatoms. The van der Waals surface area contributed by atoms with Crippen molar-refractivity contribution in [3.05, 3.63) is 61.8 Å². The lowest BCUT2D eigenvalue weighted by molar-refractivity contribution is 0.0904. The maximum Gasteiger partial charge on any atom is 0.254 e. The number of carbonyl (C=O) groups excluding carboxylic acids is 1. The average molecular weight is 540 g/mol. The summed E-state index contributed by atoms with van der Waals surface area (Å²) in [5, 5.41) is 29.5.